The van der Waals surface area contributed by atoms with Gasteiger partial charge >= 0.3 is 10.0 Å². The number of carbonyl (C=O) groups is 1. The average Bonchev–Trinajstić information content (AvgIpc) is 2.88. The lowest BCUT2D eigenvalue weighted by Crippen LogP contribution is -2.43. The normalized spacial score (nSPS) is 11.4. The molecule has 0 radical (unpaired) electrons. The van der Waals surface area contributed by atoms with E-state index in [0.29, 0.717) is 4.41 Å². The highest BCUT2D eigenvalue weighted by molar-refractivity contribution is 7.93. The van der Waals surface area contributed by atoms with Crippen molar-refractivity contribution in [1.29, 1.82) is 0 Å². The van der Waals surface area contributed by atoms with Gasteiger partial charge in [0, 0.05) is 24.7 Å². The Balaban J connectivity index is 2.53. The second kappa shape index (κ2) is 4.30. The van der Waals surface area contributed by atoms with E-state index in [1.54, 1.807) is 12.1 Å². The van der Waals surface area contributed by atoms with Crippen molar-refractivity contribution in [3.8, 4) is 0 Å². The molecule has 0 saturated carbocycles. The molecule has 0 aliphatic heterocycles. The van der Waals surface area contributed by atoms with Crippen LogP contribution in [0.4, 0.5) is 0 Å². The zero-order chi connectivity index (χ0) is 12.5. The number of hydrogen-bond donors (Lipinski definition) is 0. The van der Waals surface area contributed by atoms with Crippen LogP contribution in [0, 0.1) is 0 Å². The van der Waals surface area contributed by atoms with E-state index in [4.69, 9.17) is 0 Å². The second-order valence-electron chi connectivity index (χ2n) is 3.16. The minimum atomic E-state index is -3.93. The largest absolute Gasteiger partial charge is 0.303 e. The molecule has 0 aliphatic rings. The quantitative estimate of drug-likeness (QED) is 0.828. The minimum Gasteiger partial charge on any atom is -0.272 e. The van der Waals surface area contributed by atoms with Gasteiger partial charge in [-0.05, 0) is 12.1 Å². The van der Waals surface area contributed by atoms with Crippen LogP contribution in [0.5, 0.6) is 0 Å². The molecule has 1 amide bonds. The Kier molecular flexibility index (Phi) is 2.99. The molecule has 0 aromatic carbocycles. The van der Waals surface area contributed by atoms with Gasteiger partial charge in [0.1, 0.15) is 0 Å². The first-order valence-electron chi connectivity index (χ1n) is 4.61. The Morgan fingerprint density at radius 1 is 1.41 bits per heavy atom. The molecule has 0 fully saturated rings. The molecule has 90 valence electrons. The zero-order valence-electron chi connectivity index (χ0n) is 8.85. The first-order chi connectivity index (χ1) is 8.03. The van der Waals surface area contributed by atoms with Crippen molar-refractivity contribution in [2.45, 2.75) is 11.9 Å². The van der Waals surface area contributed by atoms with Crippen LogP contribution in [0.2, 0.25) is 0 Å². The van der Waals surface area contributed by atoms with E-state index in [2.05, 4.69) is 4.98 Å². The molecule has 0 bridgehead atoms. The first-order valence-corrected chi connectivity index (χ1v) is 6.99. The SMILES string of the molecule is CC(=O)N(n1cccc1)S(=O)(=O)c1cscn1. The van der Waals surface area contributed by atoms with Gasteiger partial charge in [0.05, 0.1) is 5.51 Å². The summed E-state index contributed by atoms with van der Waals surface area (Å²) in [7, 11) is -3.93. The zero-order valence-corrected chi connectivity index (χ0v) is 10.5. The number of sulfonamides is 1. The molecule has 6 nitrogen and oxygen atoms in total. The maximum Gasteiger partial charge on any atom is 0.303 e. The summed E-state index contributed by atoms with van der Waals surface area (Å²) in [5.41, 5.74) is 1.40. The topological polar surface area (TPSA) is 72.3 Å². The number of amides is 1. The molecule has 2 aromatic heterocycles. The van der Waals surface area contributed by atoms with Crippen LogP contribution in [0.1, 0.15) is 6.92 Å². The predicted molar refractivity (Wildman–Crippen MR) is 62.6 cm³/mol. The molecule has 2 heterocycles. The smallest absolute Gasteiger partial charge is 0.272 e. The summed E-state index contributed by atoms with van der Waals surface area (Å²) in [6.07, 6.45) is 2.95. The third-order valence-electron chi connectivity index (χ3n) is 1.97. The third kappa shape index (κ3) is 2.08. The third-order valence-corrected chi connectivity index (χ3v) is 4.36. The van der Waals surface area contributed by atoms with Crippen LogP contribution < -0.4 is 4.41 Å². The number of hydrogen-bond acceptors (Lipinski definition) is 5. The van der Waals surface area contributed by atoms with E-state index in [-0.39, 0.29) is 5.03 Å². The summed E-state index contributed by atoms with van der Waals surface area (Å²) in [4.78, 5) is 15.2. The van der Waals surface area contributed by atoms with Crippen LogP contribution in [0.25, 0.3) is 0 Å². The molecule has 0 saturated heterocycles. The van der Waals surface area contributed by atoms with Crippen molar-refractivity contribution in [2.75, 3.05) is 4.41 Å². The lowest BCUT2D eigenvalue weighted by molar-refractivity contribution is -0.116. The molecule has 0 unspecified atom stereocenters. The van der Waals surface area contributed by atoms with Gasteiger partial charge in [0.25, 0.3) is 5.91 Å². The summed E-state index contributed by atoms with van der Waals surface area (Å²) in [5.74, 6) is -0.603. The van der Waals surface area contributed by atoms with E-state index < -0.39 is 15.9 Å². The summed E-state index contributed by atoms with van der Waals surface area (Å²) in [5, 5.41) is 1.25. The molecular weight excluding hydrogens is 262 g/mol. The average molecular weight is 271 g/mol. The molecule has 0 aliphatic carbocycles. The Morgan fingerprint density at radius 3 is 2.53 bits per heavy atom. The molecule has 2 rings (SSSR count). The maximum absolute atomic E-state index is 12.2. The van der Waals surface area contributed by atoms with Gasteiger partial charge in [-0.15, -0.1) is 15.8 Å². The maximum atomic E-state index is 12.2. The number of carbonyl (C=O) groups excluding carboxylic acids is 1. The highest BCUT2D eigenvalue weighted by Crippen LogP contribution is 2.15. The molecule has 0 spiro atoms. The Hall–Kier alpha value is -1.67. The molecule has 2 aromatic rings. The van der Waals surface area contributed by atoms with Gasteiger partial charge in [0.15, 0.2) is 5.03 Å². The van der Waals surface area contributed by atoms with Crippen LogP contribution in [0.15, 0.2) is 40.4 Å². The molecule has 17 heavy (non-hydrogen) atoms. The van der Waals surface area contributed by atoms with Crippen molar-refractivity contribution in [3.63, 3.8) is 0 Å². The van der Waals surface area contributed by atoms with Crippen molar-refractivity contribution in [3.05, 3.63) is 35.4 Å². The van der Waals surface area contributed by atoms with Gasteiger partial charge in [-0.2, -0.15) is 8.42 Å². The van der Waals surface area contributed by atoms with Gasteiger partial charge in [-0.3, -0.25) is 9.47 Å². The fourth-order valence-electron chi connectivity index (χ4n) is 1.32. The van der Waals surface area contributed by atoms with Crippen molar-refractivity contribution in [1.82, 2.24) is 9.66 Å². The number of thiazole rings is 1. The molecular formula is C9H9N3O3S2. The van der Waals surface area contributed by atoms with Crippen LogP contribution >= 0.6 is 11.3 Å². The van der Waals surface area contributed by atoms with Crippen LogP contribution in [-0.2, 0) is 14.8 Å². The number of aromatic nitrogens is 2. The number of rotatable bonds is 3. The fourth-order valence-corrected chi connectivity index (χ4v) is 3.51. The first kappa shape index (κ1) is 11.8. The monoisotopic (exact) mass is 271 g/mol. The van der Waals surface area contributed by atoms with Crippen molar-refractivity contribution in [2.24, 2.45) is 0 Å². The van der Waals surface area contributed by atoms with E-state index >= 15 is 0 Å². The Bertz CT molecular complexity index is 602. The lowest BCUT2D eigenvalue weighted by atomic mass is 10.7. The standard InChI is InChI=1S/C9H9N3O3S2/c1-8(13)12(11-4-2-3-5-11)17(14,15)9-6-16-7-10-9/h2-7H,1H3. The minimum absolute atomic E-state index is 0.133. The summed E-state index contributed by atoms with van der Waals surface area (Å²) < 4.78 is 26.2. The van der Waals surface area contributed by atoms with E-state index in [1.807, 2.05) is 0 Å². The summed E-state index contributed by atoms with van der Waals surface area (Å²) in [6.45, 7) is 1.18. The van der Waals surface area contributed by atoms with Crippen LogP contribution in [0.3, 0.4) is 0 Å². The van der Waals surface area contributed by atoms with Gasteiger partial charge in [0.2, 0.25) is 0 Å². The Labute approximate surface area is 102 Å². The summed E-state index contributed by atoms with van der Waals surface area (Å²) in [6, 6.07) is 3.26. The van der Waals surface area contributed by atoms with E-state index in [9.17, 15) is 13.2 Å². The second-order valence-corrected chi connectivity index (χ2v) is 5.59. The Morgan fingerprint density at radius 2 is 2.06 bits per heavy atom. The molecule has 0 N–H and O–H groups in total. The highest BCUT2D eigenvalue weighted by atomic mass is 32.2. The molecule has 0 atom stereocenters. The van der Waals surface area contributed by atoms with Crippen LogP contribution in [-0.4, -0.2) is 24.0 Å². The van der Waals surface area contributed by atoms with E-state index in [1.165, 1.54) is 34.9 Å². The fraction of sp³-hybridized carbons (Fsp3) is 0.111. The van der Waals surface area contributed by atoms with Gasteiger partial charge < -0.3 is 0 Å². The van der Waals surface area contributed by atoms with Gasteiger partial charge in [-0.25, -0.2) is 4.98 Å². The van der Waals surface area contributed by atoms with E-state index in [0.717, 1.165) is 11.3 Å². The predicted octanol–water partition coefficient (Wildman–Crippen LogP) is 0.818. The molecule has 8 heteroatoms. The summed E-state index contributed by atoms with van der Waals surface area (Å²) >= 11 is 1.16. The lowest BCUT2D eigenvalue weighted by Gasteiger charge is -2.20. The number of nitrogens with zero attached hydrogens (tertiary/aromatic N) is 3. The van der Waals surface area contributed by atoms with Crippen molar-refractivity contribution < 1.29 is 13.2 Å². The highest BCUT2D eigenvalue weighted by Gasteiger charge is 2.29. The van der Waals surface area contributed by atoms with Crippen molar-refractivity contribution >= 4 is 27.3 Å². The van der Waals surface area contributed by atoms with Gasteiger partial charge in [-0.1, -0.05) is 0 Å².